The van der Waals surface area contributed by atoms with Crippen LogP contribution >= 0.6 is 23.2 Å². The Kier molecular flexibility index (Phi) is 7.13. The molecule has 0 bridgehead atoms. The molecule has 0 spiro atoms. The van der Waals surface area contributed by atoms with Crippen molar-refractivity contribution in [2.75, 3.05) is 17.2 Å². The number of ether oxygens (including phenoxy) is 1. The molecule has 0 aliphatic rings. The summed E-state index contributed by atoms with van der Waals surface area (Å²) in [6.45, 7) is 1.96. The van der Waals surface area contributed by atoms with Crippen LogP contribution in [-0.4, -0.2) is 51.9 Å². The summed E-state index contributed by atoms with van der Waals surface area (Å²) in [6, 6.07) is -0.823. The zero-order valence-electron chi connectivity index (χ0n) is 13.2. The van der Waals surface area contributed by atoms with Crippen LogP contribution < -0.4 is 15.4 Å². The maximum Gasteiger partial charge on any atom is 0.341 e. The first kappa shape index (κ1) is 20.7. The molecule has 0 amide bonds. The molecule has 1 aromatic carbocycles. The Morgan fingerprint density at radius 1 is 1.08 bits per heavy atom. The van der Waals surface area contributed by atoms with Crippen molar-refractivity contribution in [3.05, 3.63) is 16.1 Å². The number of benzene rings is 1. The fourth-order valence-corrected chi connectivity index (χ4v) is 2.31. The number of anilines is 2. The van der Waals surface area contributed by atoms with E-state index in [1.807, 2.05) is 0 Å². The van der Waals surface area contributed by atoms with Gasteiger partial charge in [0.1, 0.15) is 17.1 Å². The highest BCUT2D eigenvalue weighted by Gasteiger charge is 2.23. The highest BCUT2D eigenvalue weighted by atomic mass is 35.5. The summed E-state index contributed by atoms with van der Waals surface area (Å²) in [5.41, 5.74) is 0.0758. The van der Waals surface area contributed by atoms with Gasteiger partial charge in [-0.3, -0.25) is 9.59 Å². The van der Waals surface area contributed by atoms with Crippen LogP contribution in [0.1, 0.15) is 13.8 Å². The maximum absolute atomic E-state index is 11.0. The highest BCUT2D eigenvalue weighted by molar-refractivity contribution is 6.40. The molecule has 0 saturated heterocycles. The number of carboxylic acids is 3. The van der Waals surface area contributed by atoms with Crippen molar-refractivity contribution in [3.8, 4) is 5.75 Å². The molecule has 0 aliphatic heterocycles. The summed E-state index contributed by atoms with van der Waals surface area (Å²) in [5, 5.41) is 31.7. The maximum atomic E-state index is 11.0. The Hall–Kier alpha value is -2.39. The van der Waals surface area contributed by atoms with Crippen LogP contribution in [0.2, 0.25) is 10.0 Å². The quantitative estimate of drug-likeness (QED) is 0.425. The van der Waals surface area contributed by atoms with Gasteiger partial charge in [0.15, 0.2) is 12.4 Å². The normalized spacial score (nSPS) is 12.8. The fourth-order valence-electron chi connectivity index (χ4n) is 1.69. The van der Waals surface area contributed by atoms with Gasteiger partial charge in [-0.1, -0.05) is 23.2 Å². The van der Waals surface area contributed by atoms with Crippen molar-refractivity contribution in [2.45, 2.75) is 25.9 Å². The first-order chi connectivity index (χ1) is 11.5. The number of carboxylic acid groups (broad SMARTS) is 3. The molecule has 0 saturated carbocycles. The smallest absolute Gasteiger partial charge is 0.341 e. The zero-order valence-corrected chi connectivity index (χ0v) is 14.7. The molecular formula is C14H16Cl2N2O7. The van der Waals surface area contributed by atoms with E-state index in [0.29, 0.717) is 0 Å². The largest absolute Gasteiger partial charge is 0.480 e. The Labute approximate surface area is 152 Å². The van der Waals surface area contributed by atoms with Gasteiger partial charge < -0.3 is 30.7 Å². The first-order valence-electron chi connectivity index (χ1n) is 6.89. The van der Waals surface area contributed by atoms with E-state index >= 15 is 0 Å². The van der Waals surface area contributed by atoms with E-state index in [1.54, 1.807) is 0 Å². The second kappa shape index (κ2) is 8.63. The van der Waals surface area contributed by atoms with E-state index in [1.165, 1.54) is 19.9 Å². The average molecular weight is 395 g/mol. The van der Waals surface area contributed by atoms with Crippen LogP contribution in [0.15, 0.2) is 6.07 Å². The Balaban J connectivity index is 3.34. The number of rotatable bonds is 9. The molecule has 0 unspecified atom stereocenters. The van der Waals surface area contributed by atoms with Gasteiger partial charge in [-0.05, 0) is 19.9 Å². The molecule has 1 rings (SSSR count). The van der Waals surface area contributed by atoms with Gasteiger partial charge in [0.05, 0.1) is 16.4 Å². The molecule has 0 fully saturated rings. The lowest BCUT2D eigenvalue weighted by Gasteiger charge is -2.21. The van der Waals surface area contributed by atoms with Crippen molar-refractivity contribution < 1.29 is 34.4 Å². The van der Waals surface area contributed by atoms with Crippen LogP contribution in [0.3, 0.4) is 0 Å². The van der Waals surface area contributed by atoms with Crippen LogP contribution in [0.25, 0.3) is 0 Å². The van der Waals surface area contributed by atoms with Gasteiger partial charge in [0.2, 0.25) is 0 Å². The predicted octanol–water partition coefficient (Wildman–Crippen LogP) is 2.23. The summed E-state index contributed by atoms with van der Waals surface area (Å²) in [6.07, 6.45) is 0. The molecule has 9 nitrogen and oxygen atoms in total. The Bertz CT molecular complexity index is 696. The number of aliphatic carboxylic acids is 3. The van der Waals surface area contributed by atoms with Crippen LogP contribution in [0, 0.1) is 0 Å². The third-order valence-electron chi connectivity index (χ3n) is 2.99. The molecule has 11 heteroatoms. The van der Waals surface area contributed by atoms with E-state index in [9.17, 15) is 14.4 Å². The minimum Gasteiger partial charge on any atom is -0.480 e. The van der Waals surface area contributed by atoms with Crippen molar-refractivity contribution in [3.63, 3.8) is 0 Å². The van der Waals surface area contributed by atoms with Gasteiger partial charge in [-0.15, -0.1) is 0 Å². The van der Waals surface area contributed by atoms with Gasteiger partial charge in [0, 0.05) is 0 Å². The number of carbonyl (C=O) groups is 3. The molecule has 2 atom stereocenters. The lowest BCUT2D eigenvalue weighted by atomic mass is 10.2. The minimum absolute atomic E-state index is 0.000800. The van der Waals surface area contributed by atoms with Crippen LogP contribution in [-0.2, 0) is 14.4 Å². The Morgan fingerprint density at radius 2 is 1.60 bits per heavy atom. The molecule has 0 aromatic heterocycles. The highest BCUT2D eigenvalue weighted by Crippen LogP contribution is 2.44. The standard InChI is InChI=1S/C14H16Cl2N2O7/c1-5(13(21)22)17-8-3-7(15)11(18-6(2)14(23)24)10(16)12(8)25-4-9(19)20/h3,5-6,17-18H,4H2,1-2H3,(H,19,20)(H,21,22)(H,23,24)/t5-,6+/m0/s1. The van der Waals surface area contributed by atoms with Gasteiger partial charge in [-0.25, -0.2) is 4.79 Å². The molecular weight excluding hydrogens is 379 g/mol. The number of nitrogens with one attached hydrogen (secondary N) is 2. The van der Waals surface area contributed by atoms with Crippen molar-refractivity contribution >= 4 is 52.5 Å². The third kappa shape index (κ3) is 5.57. The monoisotopic (exact) mass is 394 g/mol. The fraction of sp³-hybridized carbons (Fsp3) is 0.357. The van der Waals surface area contributed by atoms with E-state index < -0.39 is 36.6 Å². The predicted molar refractivity (Wildman–Crippen MR) is 91.0 cm³/mol. The molecule has 5 N–H and O–H groups in total. The zero-order chi connectivity index (χ0) is 19.3. The molecule has 138 valence electrons. The summed E-state index contributed by atoms with van der Waals surface area (Å²) in [5.74, 6) is -3.78. The summed E-state index contributed by atoms with van der Waals surface area (Å²) >= 11 is 12.3. The van der Waals surface area contributed by atoms with Crippen molar-refractivity contribution in [1.82, 2.24) is 0 Å². The van der Waals surface area contributed by atoms with E-state index in [0.717, 1.165) is 0 Å². The van der Waals surface area contributed by atoms with Gasteiger partial charge >= 0.3 is 17.9 Å². The lowest BCUT2D eigenvalue weighted by Crippen LogP contribution is -2.27. The second-order valence-electron chi connectivity index (χ2n) is 5.01. The Morgan fingerprint density at radius 3 is 2.08 bits per heavy atom. The van der Waals surface area contributed by atoms with Crippen LogP contribution in [0.4, 0.5) is 11.4 Å². The number of halogens is 2. The molecule has 0 radical (unpaired) electrons. The van der Waals surface area contributed by atoms with Crippen LogP contribution in [0.5, 0.6) is 5.75 Å². The minimum atomic E-state index is -1.28. The SMILES string of the molecule is C[C@H](Nc1cc(Cl)c(N[C@H](C)C(=O)O)c(Cl)c1OCC(=O)O)C(=O)O. The van der Waals surface area contributed by atoms with E-state index in [4.69, 9.17) is 43.3 Å². The molecule has 25 heavy (non-hydrogen) atoms. The summed E-state index contributed by atoms with van der Waals surface area (Å²) < 4.78 is 5.11. The van der Waals surface area contributed by atoms with Crippen molar-refractivity contribution in [1.29, 1.82) is 0 Å². The third-order valence-corrected chi connectivity index (χ3v) is 3.65. The first-order valence-corrected chi connectivity index (χ1v) is 7.65. The molecule has 0 heterocycles. The average Bonchev–Trinajstić information content (AvgIpc) is 2.50. The second-order valence-corrected chi connectivity index (χ2v) is 5.80. The summed E-state index contributed by atoms with van der Waals surface area (Å²) in [7, 11) is 0. The molecule has 1 aromatic rings. The van der Waals surface area contributed by atoms with Gasteiger partial charge in [0.25, 0.3) is 0 Å². The number of hydrogen-bond donors (Lipinski definition) is 5. The van der Waals surface area contributed by atoms with Crippen molar-refractivity contribution in [2.24, 2.45) is 0 Å². The van der Waals surface area contributed by atoms with Gasteiger partial charge in [-0.2, -0.15) is 0 Å². The molecule has 0 aliphatic carbocycles. The number of hydrogen-bond acceptors (Lipinski definition) is 6. The topological polar surface area (TPSA) is 145 Å². The van der Waals surface area contributed by atoms with E-state index in [-0.39, 0.29) is 27.2 Å². The summed E-state index contributed by atoms with van der Waals surface area (Å²) in [4.78, 5) is 32.7. The lowest BCUT2D eigenvalue weighted by molar-refractivity contribution is -0.139. The van der Waals surface area contributed by atoms with E-state index in [2.05, 4.69) is 10.6 Å².